The van der Waals surface area contributed by atoms with Crippen LogP contribution < -0.4 is 5.32 Å². The Bertz CT molecular complexity index is 808. The summed E-state index contributed by atoms with van der Waals surface area (Å²) in [6, 6.07) is 8.08. The molecule has 0 radical (unpaired) electrons. The number of nitrogens with one attached hydrogen (secondary N) is 1. The minimum absolute atomic E-state index is 0.00611. The summed E-state index contributed by atoms with van der Waals surface area (Å²) in [5.41, 5.74) is 1.49. The summed E-state index contributed by atoms with van der Waals surface area (Å²) in [4.78, 5) is 26.2. The maximum absolute atomic E-state index is 11.5. The van der Waals surface area contributed by atoms with Crippen molar-refractivity contribution in [2.24, 2.45) is 0 Å². The van der Waals surface area contributed by atoms with E-state index in [-0.39, 0.29) is 17.1 Å². The van der Waals surface area contributed by atoms with Crippen molar-refractivity contribution in [2.45, 2.75) is 18.6 Å². The van der Waals surface area contributed by atoms with Crippen molar-refractivity contribution in [1.82, 2.24) is 4.98 Å². The van der Waals surface area contributed by atoms with E-state index in [0.717, 1.165) is 17.2 Å². The lowest BCUT2D eigenvalue weighted by atomic mass is 10.1. The van der Waals surface area contributed by atoms with Gasteiger partial charge in [-0.3, -0.25) is 10.1 Å². The normalized spacial score (nSPS) is 18.8. The van der Waals surface area contributed by atoms with Gasteiger partial charge in [-0.1, -0.05) is 24.3 Å². The number of ether oxygens (including phenoxy) is 1. The topological polar surface area (TPSA) is 115 Å². The van der Waals surface area contributed by atoms with E-state index in [1.807, 2.05) is 24.3 Å². The third kappa shape index (κ3) is 2.79. The highest BCUT2D eigenvalue weighted by atomic mass is 16.6. The first-order chi connectivity index (χ1) is 11.5. The van der Waals surface area contributed by atoms with Gasteiger partial charge in [0, 0.05) is 18.7 Å². The number of benzene rings is 1. The third-order valence-electron chi connectivity index (χ3n) is 3.98. The molecule has 24 heavy (non-hydrogen) atoms. The van der Waals surface area contributed by atoms with Gasteiger partial charge in [-0.15, -0.1) is 0 Å². The molecule has 0 unspecified atom stereocenters. The summed E-state index contributed by atoms with van der Waals surface area (Å²) < 4.78 is 4.55. The molecule has 1 aromatic heterocycles. The molecular formula is C16H15N3O5. The Balaban J connectivity index is 1.95. The number of carbonyl (C=O) groups excluding carboxylic acids is 1. The highest BCUT2D eigenvalue weighted by Crippen LogP contribution is 2.35. The van der Waals surface area contributed by atoms with E-state index in [9.17, 15) is 20.0 Å². The number of anilines is 1. The summed E-state index contributed by atoms with van der Waals surface area (Å²) >= 11 is 0. The molecule has 1 heterocycles. The number of aliphatic hydroxyl groups excluding tert-OH is 1. The molecule has 1 aromatic carbocycles. The van der Waals surface area contributed by atoms with Gasteiger partial charge in [-0.2, -0.15) is 0 Å². The molecule has 0 amide bonds. The van der Waals surface area contributed by atoms with Crippen LogP contribution in [0.1, 0.15) is 27.5 Å². The van der Waals surface area contributed by atoms with Gasteiger partial charge >= 0.3 is 11.7 Å². The smallest absolute Gasteiger partial charge is 0.339 e. The van der Waals surface area contributed by atoms with E-state index in [1.165, 1.54) is 13.3 Å². The van der Waals surface area contributed by atoms with Crippen molar-refractivity contribution in [3.05, 3.63) is 63.3 Å². The molecule has 0 saturated carbocycles. The monoisotopic (exact) mass is 329 g/mol. The zero-order valence-electron chi connectivity index (χ0n) is 12.8. The molecule has 8 nitrogen and oxygen atoms in total. The lowest BCUT2D eigenvalue weighted by molar-refractivity contribution is -0.384. The number of hydrogen-bond donors (Lipinski definition) is 2. The molecule has 0 bridgehead atoms. The Kier molecular flexibility index (Phi) is 4.13. The molecule has 8 heteroatoms. The van der Waals surface area contributed by atoms with Crippen LogP contribution in [0.3, 0.4) is 0 Å². The molecule has 0 aliphatic heterocycles. The van der Waals surface area contributed by atoms with Crippen LogP contribution in [-0.4, -0.2) is 34.2 Å². The second kappa shape index (κ2) is 6.25. The number of carbonyl (C=O) groups is 1. The van der Waals surface area contributed by atoms with E-state index >= 15 is 0 Å². The number of nitrogens with zero attached hydrogens (tertiary/aromatic N) is 2. The summed E-state index contributed by atoms with van der Waals surface area (Å²) in [5, 5.41) is 24.5. The fourth-order valence-corrected chi connectivity index (χ4v) is 2.83. The second-order valence-corrected chi connectivity index (χ2v) is 5.43. The number of rotatable bonds is 4. The van der Waals surface area contributed by atoms with Crippen LogP contribution >= 0.6 is 0 Å². The van der Waals surface area contributed by atoms with E-state index in [2.05, 4.69) is 15.0 Å². The Morgan fingerprint density at radius 3 is 2.92 bits per heavy atom. The van der Waals surface area contributed by atoms with E-state index < -0.39 is 23.0 Å². The highest BCUT2D eigenvalue weighted by molar-refractivity contribution is 5.90. The molecule has 124 valence electrons. The van der Waals surface area contributed by atoms with Crippen molar-refractivity contribution in [3.8, 4) is 0 Å². The van der Waals surface area contributed by atoms with Crippen molar-refractivity contribution in [1.29, 1.82) is 0 Å². The van der Waals surface area contributed by atoms with Crippen LogP contribution in [0, 0.1) is 10.1 Å². The minimum atomic E-state index is -0.718. The van der Waals surface area contributed by atoms with Gasteiger partial charge in [-0.05, 0) is 11.1 Å². The first-order valence-electron chi connectivity index (χ1n) is 7.26. The fraction of sp³-hybridized carbons (Fsp3) is 0.250. The molecule has 2 atom stereocenters. The van der Waals surface area contributed by atoms with E-state index in [1.54, 1.807) is 0 Å². The Morgan fingerprint density at radius 2 is 2.21 bits per heavy atom. The van der Waals surface area contributed by atoms with Gasteiger partial charge in [0.2, 0.25) is 5.82 Å². The molecule has 2 aromatic rings. The molecular weight excluding hydrogens is 314 g/mol. The van der Waals surface area contributed by atoms with Gasteiger partial charge in [-0.25, -0.2) is 9.78 Å². The number of aliphatic hydroxyl groups is 1. The number of nitro groups is 1. The predicted octanol–water partition coefficient (Wildman–Crippen LogP) is 1.85. The van der Waals surface area contributed by atoms with Crippen LogP contribution in [-0.2, 0) is 11.2 Å². The van der Waals surface area contributed by atoms with Crippen molar-refractivity contribution in [3.63, 3.8) is 0 Å². The zero-order valence-corrected chi connectivity index (χ0v) is 12.8. The first kappa shape index (κ1) is 15.9. The quantitative estimate of drug-likeness (QED) is 0.499. The van der Waals surface area contributed by atoms with Crippen LogP contribution in [0.2, 0.25) is 0 Å². The van der Waals surface area contributed by atoms with Crippen molar-refractivity contribution in [2.75, 3.05) is 12.4 Å². The minimum Gasteiger partial charge on any atom is -0.465 e. The average molecular weight is 329 g/mol. The zero-order chi connectivity index (χ0) is 17.3. The second-order valence-electron chi connectivity index (χ2n) is 5.43. The van der Waals surface area contributed by atoms with Crippen molar-refractivity contribution < 1.29 is 19.6 Å². The highest BCUT2D eigenvalue weighted by Gasteiger charge is 2.33. The summed E-state index contributed by atoms with van der Waals surface area (Å²) in [7, 11) is 1.19. The SMILES string of the molecule is COC(=O)c1cnc(N[C@@H]2c3ccccc3C[C@@H]2O)c([N+](=O)[O-])c1. The predicted molar refractivity (Wildman–Crippen MR) is 84.7 cm³/mol. The lowest BCUT2D eigenvalue weighted by Crippen LogP contribution is -2.22. The standard InChI is InChI=1S/C16H15N3O5/c1-24-16(21)10-6-12(19(22)23)15(17-8-10)18-14-11-5-3-2-4-9(11)7-13(14)20/h2-6,8,13-14,20H,7H2,1H3,(H,17,18)/t13-,14+/m0/s1. The van der Waals surface area contributed by atoms with Crippen LogP contribution in [0.25, 0.3) is 0 Å². The first-order valence-corrected chi connectivity index (χ1v) is 7.26. The third-order valence-corrected chi connectivity index (χ3v) is 3.98. The maximum atomic E-state index is 11.5. The number of methoxy groups -OCH3 is 1. The number of aromatic nitrogens is 1. The van der Waals surface area contributed by atoms with Gasteiger partial charge in [0.1, 0.15) is 0 Å². The van der Waals surface area contributed by atoms with Crippen molar-refractivity contribution >= 4 is 17.5 Å². The molecule has 1 aliphatic carbocycles. The Labute approximate surface area is 137 Å². The molecule has 1 aliphatic rings. The molecule has 0 saturated heterocycles. The van der Waals surface area contributed by atoms with Crippen LogP contribution in [0.5, 0.6) is 0 Å². The Morgan fingerprint density at radius 1 is 1.46 bits per heavy atom. The average Bonchev–Trinajstić information content (AvgIpc) is 2.90. The largest absolute Gasteiger partial charge is 0.465 e. The maximum Gasteiger partial charge on any atom is 0.339 e. The van der Waals surface area contributed by atoms with Gasteiger partial charge in [0.25, 0.3) is 0 Å². The van der Waals surface area contributed by atoms with Gasteiger partial charge in [0.15, 0.2) is 0 Å². The fourth-order valence-electron chi connectivity index (χ4n) is 2.83. The van der Waals surface area contributed by atoms with Crippen LogP contribution in [0.15, 0.2) is 36.5 Å². The number of esters is 1. The lowest BCUT2D eigenvalue weighted by Gasteiger charge is -2.18. The number of fused-ring (bicyclic) bond motifs is 1. The summed E-state index contributed by atoms with van der Waals surface area (Å²) in [5.74, 6) is -0.711. The molecule has 3 rings (SSSR count). The summed E-state index contributed by atoms with van der Waals surface area (Å²) in [6.45, 7) is 0. The van der Waals surface area contributed by atoms with Crippen LogP contribution in [0.4, 0.5) is 11.5 Å². The van der Waals surface area contributed by atoms with E-state index in [0.29, 0.717) is 6.42 Å². The summed E-state index contributed by atoms with van der Waals surface area (Å²) in [6.07, 6.45) is 0.945. The number of hydrogen-bond acceptors (Lipinski definition) is 7. The molecule has 0 fully saturated rings. The molecule has 2 N–H and O–H groups in total. The number of pyridine rings is 1. The van der Waals surface area contributed by atoms with Gasteiger partial charge < -0.3 is 15.2 Å². The molecule has 0 spiro atoms. The Hall–Kier alpha value is -3.00. The van der Waals surface area contributed by atoms with E-state index in [4.69, 9.17) is 0 Å². The van der Waals surface area contributed by atoms with Gasteiger partial charge in [0.05, 0.1) is 29.7 Å².